The van der Waals surface area contributed by atoms with Crippen LogP contribution in [0.5, 0.6) is 0 Å². The van der Waals surface area contributed by atoms with E-state index in [0.29, 0.717) is 17.8 Å². The largest absolute Gasteiger partial charge is 0.304 e. The van der Waals surface area contributed by atoms with Crippen LogP contribution < -0.4 is 0 Å². The Kier molecular flexibility index (Phi) is 2.75. The highest BCUT2D eigenvalue weighted by Crippen LogP contribution is 2.00. The van der Waals surface area contributed by atoms with Crippen LogP contribution in [0, 0.1) is 10.8 Å². The maximum absolute atomic E-state index is 7.46. The summed E-state index contributed by atoms with van der Waals surface area (Å²) in [4.78, 5) is 0. The quantitative estimate of drug-likeness (QED) is 0.637. The van der Waals surface area contributed by atoms with Gasteiger partial charge in [0.05, 0.1) is 5.71 Å². The Morgan fingerprint density at radius 3 is 2.25 bits per heavy atom. The van der Waals surface area contributed by atoms with Gasteiger partial charge in [0.1, 0.15) is 0 Å². The maximum atomic E-state index is 7.46. The lowest BCUT2D eigenvalue weighted by atomic mass is 10.1. The molecule has 0 atom stereocenters. The van der Waals surface area contributed by atoms with Crippen LogP contribution in [0.4, 0.5) is 0 Å². The third-order valence-electron chi connectivity index (χ3n) is 1.68. The second-order valence-corrected chi connectivity index (χ2v) is 2.77. The van der Waals surface area contributed by atoms with Gasteiger partial charge in [0.25, 0.3) is 0 Å². The third-order valence-corrected chi connectivity index (χ3v) is 1.68. The first-order valence-corrected chi connectivity index (χ1v) is 3.87. The maximum Gasteiger partial charge on any atom is 0.0562 e. The van der Waals surface area contributed by atoms with E-state index < -0.39 is 0 Å². The Labute approximate surface area is 72.3 Å². The Bertz CT molecular complexity index is 288. The normalized spacial score (nSPS) is 9.42. The molecule has 0 aliphatic heterocycles. The first-order chi connectivity index (χ1) is 5.70. The van der Waals surface area contributed by atoms with E-state index in [2.05, 4.69) is 0 Å². The number of benzene rings is 1. The molecule has 0 saturated heterocycles. The summed E-state index contributed by atoms with van der Waals surface area (Å²) < 4.78 is 0. The van der Waals surface area contributed by atoms with Crippen LogP contribution in [0.25, 0.3) is 0 Å². The highest BCUT2D eigenvalue weighted by atomic mass is 14.5. The molecule has 2 heteroatoms. The standard InChI is InChI=1S/C10H12N2/c1-8(11)10(12)7-9-5-3-2-4-6-9/h2-6,11-12H,7H2,1H3. The van der Waals surface area contributed by atoms with Crippen LogP contribution in [0.15, 0.2) is 30.3 Å². The highest BCUT2D eigenvalue weighted by molar-refractivity contribution is 6.39. The van der Waals surface area contributed by atoms with Crippen molar-refractivity contribution in [3.05, 3.63) is 35.9 Å². The van der Waals surface area contributed by atoms with E-state index in [4.69, 9.17) is 10.8 Å². The fourth-order valence-corrected chi connectivity index (χ4v) is 0.933. The molecule has 62 valence electrons. The van der Waals surface area contributed by atoms with Crippen LogP contribution in [0.1, 0.15) is 12.5 Å². The minimum atomic E-state index is 0.346. The van der Waals surface area contributed by atoms with E-state index in [1.54, 1.807) is 6.92 Å². The van der Waals surface area contributed by atoms with Gasteiger partial charge in [-0.3, -0.25) is 0 Å². The van der Waals surface area contributed by atoms with Gasteiger partial charge in [-0.05, 0) is 12.5 Å². The molecule has 0 heterocycles. The van der Waals surface area contributed by atoms with Gasteiger partial charge in [0.2, 0.25) is 0 Å². The lowest BCUT2D eigenvalue weighted by Crippen LogP contribution is -2.10. The van der Waals surface area contributed by atoms with E-state index in [9.17, 15) is 0 Å². The number of nitrogens with one attached hydrogen (secondary N) is 2. The number of rotatable bonds is 3. The molecule has 0 aromatic heterocycles. The molecule has 12 heavy (non-hydrogen) atoms. The fraction of sp³-hybridized carbons (Fsp3) is 0.200. The van der Waals surface area contributed by atoms with Crippen molar-refractivity contribution in [2.24, 2.45) is 0 Å². The summed E-state index contributed by atoms with van der Waals surface area (Å²) in [6.07, 6.45) is 0.566. The van der Waals surface area contributed by atoms with Crippen molar-refractivity contribution in [3.8, 4) is 0 Å². The summed E-state index contributed by atoms with van der Waals surface area (Å²) in [5, 5.41) is 14.7. The molecular weight excluding hydrogens is 148 g/mol. The van der Waals surface area contributed by atoms with Crippen molar-refractivity contribution < 1.29 is 0 Å². The second kappa shape index (κ2) is 3.81. The van der Waals surface area contributed by atoms with E-state index in [-0.39, 0.29) is 0 Å². The minimum absolute atomic E-state index is 0.346. The zero-order valence-corrected chi connectivity index (χ0v) is 7.09. The Balaban J connectivity index is 2.65. The predicted molar refractivity (Wildman–Crippen MR) is 51.3 cm³/mol. The molecule has 0 saturated carbocycles. The molecule has 0 aliphatic rings. The molecule has 0 spiro atoms. The summed E-state index contributed by atoms with van der Waals surface area (Å²) >= 11 is 0. The first kappa shape index (κ1) is 8.65. The Morgan fingerprint density at radius 2 is 1.75 bits per heavy atom. The zero-order chi connectivity index (χ0) is 8.97. The molecule has 0 bridgehead atoms. The molecule has 0 unspecified atom stereocenters. The van der Waals surface area contributed by atoms with Gasteiger partial charge in [-0.15, -0.1) is 0 Å². The van der Waals surface area contributed by atoms with Crippen molar-refractivity contribution >= 4 is 11.4 Å². The molecule has 0 aliphatic carbocycles. The summed E-state index contributed by atoms with van der Waals surface area (Å²) in [7, 11) is 0. The molecule has 0 amide bonds. The van der Waals surface area contributed by atoms with Crippen molar-refractivity contribution in [2.75, 3.05) is 0 Å². The summed E-state index contributed by atoms with van der Waals surface area (Å²) in [6, 6.07) is 9.78. The molecule has 0 radical (unpaired) electrons. The van der Waals surface area contributed by atoms with Crippen molar-refractivity contribution in [3.63, 3.8) is 0 Å². The van der Waals surface area contributed by atoms with Crippen LogP contribution >= 0.6 is 0 Å². The Morgan fingerprint density at radius 1 is 1.17 bits per heavy atom. The fourth-order valence-electron chi connectivity index (χ4n) is 0.933. The average molecular weight is 160 g/mol. The molecule has 1 aromatic carbocycles. The first-order valence-electron chi connectivity index (χ1n) is 3.87. The van der Waals surface area contributed by atoms with Crippen LogP contribution in [0.2, 0.25) is 0 Å². The lowest BCUT2D eigenvalue weighted by molar-refractivity contribution is 1.29. The van der Waals surface area contributed by atoms with Gasteiger partial charge < -0.3 is 10.8 Å². The van der Waals surface area contributed by atoms with E-state index in [0.717, 1.165) is 5.56 Å². The summed E-state index contributed by atoms with van der Waals surface area (Å²) in [5.41, 5.74) is 1.83. The molecule has 1 rings (SSSR count). The van der Waals surface area contributed by atoms with Crippen molar-refractivity contribution in [2.45, 2.75) is 13.3 Å². The minimum Gasteiger partial charge on any atom is -0.304 e. The van der Waals surface area contributed by atoms with Gasteiger partial charge >= 0.3 is 0 Å². The van der Waals surface area contributed by atoms with Crippen LogP contribution in [-0.2, 0) is 6.42 Å². The summed E-state index contributed by atoms with van der Waals surface area (Å²) in [6.45, 7) is 1.64. The number of hydrogen-bond acceptors (Lipinski definition) is 2. The number of hydrogen-bond donors (Lipinski definition) is 2. The Hall–Kier alpha value is -1.44. The monoisotopic (exact) mass is 160 g/mol. The van der Waals surface area contributed by atoms with Gasteiger partial charge in [-0.1, -0.05) is 30.3 Å². The van der Waals surface area contributed by atoms with E-state index >= 15 is 0 Å². The topological polar surface area (TPSA) is 47.7 Å². The molecule has 1 aromatic rings. The molecular formula is C10H12N2. The lowest BCUT2D eigenvalue weighted by Gasteiger charge is -2.00. The van der Waals surface area contributed by atoms with Gasteiger partial charge in [0.15, 0.2) is 0 Å². The molecule has 0 fully saturated rings. The predicted octanol–water partition coefficient (Wildman–Crippen LogP) is 2.29. The van der Waals surface area contributed by atoms with Gasteiger partial charge in [0, 0.05) is 12.1 Å². The third kappa shape index (κ3) is 2.31. The summed E-state index contributed by atoms with van der Waals surface area (Å²) in [5.74, 6) is 0. The van der Waals surface area contributed by atoms with Crippen LogP contribution in [-0.4, -0.2) is 11.4 Å². The molecule has 2 N–H and O–H groups in total. The average Bonchev–Trinajstić information content (AvgIpc) is 2.06. The van der Waals surface area contributed by atoms with Crippen molar-refractivity contribution in [1.82, 2.24) is 0 Å². The van der Waals surface area contributed by atoms with Gasteiger partial charge in [-0.2, -0.15) is 0 Å². The van der Waals surface area contributed by atoms with E-state index in [1.807, 2.05) is 30.3 Å². The smallest absolute Gasteiger partial charge is 0.0562 e. The second-order valence-electron chi connectivity index (χ2n) is 2.77. The van der Waals surface area contributed by atoms with Crippen LogP contribution in [0.3, 0.4) is 0 Å². The SMILES string of the molecule is CC(=N)C(=N)Cc1ccccc1. The van der Waals surface area contributed by atoms with E-state index in [1.165, 1.54) is 0 Å². The zero-order valence-electron chi connectivity index (χ0n) is 7.09. The molecule has 2 nitrogen and oxygen atoms in total. The van der Waals surface area contributed by atoms with Crippen molar-refractivity contribution in [1.29, 1.82) is 10.8 Å². The van der Waals surface area contributed by atoms with Gasteiger partial charge in [-0.25, -0.2) is 0 Å². The highest BCUT2D eigenvalue weighted by Gasteiger charge is 1.99.